The normalized spacial score (nSPS) is 22.0. The van der Waals surface area contributed by atoms with Crippen LogP contribution in [0.1, 0.15) is 55.6 Å². The maximum absolute atomic E-state index is 6.43. The highest BCUT2D eigenvalue weighted by atomic mass is 35.5. The predicted molar refractivity (Wildman–Crippen MR) is 128 cm³/mol. The van der Waals surface area contributed by atoms with Crippen molar-refractivity contribution in [2.75, 3.05) is 0 Å². The number of benzene rings is 1. The number of pyridine rings is 1. The molecule has 2 fully saturated rings. The highest BCUT2D eigenvalue weighted by Crippen LogP contribution is 2.44. The van der Waals surface area contributed by atoms with Crippen molar-refractivity contribution < 1.29 is 4.42 Å². The van der Waals surface area contributed by atoms with Crippen LogP contribution in [0.15, 0.2) is 59.1 Å². The molecule has 0 unspecified atom stereocenters. The van der Waals surface area contributed by atoms with E-state index in [0.29, 0.717) is 16.1 Å². The first-order valence-electron chi connectivity index (χ1n) is 10.7. The summed E-state index contributed by atoms with van der Waals surface area (Å²) in [6, 6.07) is 15.7. The van der Waals surface area contributed by atoms with Crippen LogP contribution in [0.25, 0.3) is 11.3 Å². The first-order chi connectivity index (χ1) is 15.1. The second kappa shape index (κ2) is 8.81. The average Bonchev–Trinajstić information content (AvgIpc) is 3.39. The third kappa shape index (κ3) is 4.07. The molecule has 0 radical (unpaired) electrons. The van der Waals surface area contributed by atoms with Crippen LogP contribution in [-0.4, -0.2) is 21.0 Å². The lowest BCUT2D eigenvalue weighted by molar-refractivity contribution is 0.179. The van der Waals surface area contributed by atoms with Crippen molar-refractivity contribution in [1.82, 2.24) is 15.2 Å². The second-order valence-electron chi connectivity index (χ2n) is 8.15. The van der Waals surface area contributed by atoms with Crippen molar-refractivity contribution in [3.63, 3.8) is 0 Å². The molecule has 5 rings (SSSR count). The van der Waals surface area contributed by atoms with Gasteiger partial charge in [0.25, 0.3) is 0 Å². The topological polar surface area (TPSA) is 41.3 Å². The summed E-state index contributed by atoms with van der Waals surface area (Å²) in [5.41, 5.74) is 1.78. The number of hydrogen-bond acceptors (Lipinski definition) is 3. The molecule has 1 aliphatic heterocycles. The molecule has 2 aliphatic rings. The van der Waals surface area contributed by atoms with Crippen LogP contribution >= 0.6 is 35.4 Å². The van der Waals surface area contributed by atoms with Gasteiger partial charge in [-0.25, -0.2) is 0 Å². The molecule has 31 heavy (non-hydrogen) atoms. The third-order valence-corrected chi connectivity index (χ3v) is 7.09. The van der Waals surface area contributed by atoms with Crippen molar-refractivity contribution in [2.24, 2.45) is 0 Å². The van der Waals surface area contributed by atoms with E-state index in [9.17, 15) is 0 Å². The Bertz CT molecular complexity index is 1080. The van der Waals surface area contributed by atoms with Crippen LogP contribution in [0.2, 0.25) is 10.0 Å². The zero-order valence-electron chi connectivity index (χ0n) is 16.9. The molecule has 7 heteroatoms. The predicted octanol–water partition coefficient (Wildman–Crippen LogP) is 6.95. The minimum Gasteiger partial charge on any atom is -0.459 e. The van der Waals surface area contributed by atoms with Gasteiger partial charge in [0.05, 0.1) is 16.8 Å². The monoisotopic (exact) mass is 471 g/mol. The van der Waals surface area contributed by atoms with Gasteiger partial charge >= 0.3 is 0 Å². The highest BCUT2D eigenvalue weighted by molar-refractivity contribution is 7.80. The van der Waals surface area contributed by atoms with Crippen molar-refractivity contribution >= 4 is 40.5 Å². The van der Waals surface area contributed by atoms with Gasteiger partial charge in [0, 0.05) is 22.8 Å². The number of nitrogens with one attached hydrogen (secondary N) is 1. The molecule has 1 aromatic carbocycles. The van der Waals surface area contributed by atoms with E-state index >= 15 is 0 Å². The lowest BCUT2D eigenvalue weighted by Gasteiger charge is -2.36. The number of rotatable bonds is 4. The molecule has 1 N–H and O–H groups in total. The fraction of sp³-hybridized carbons (Fsp3) is 0.333. The van der Waals surface area contributed by atoms with Crippen molar-refractivity contribution in [2.45, 2.75) is 50.2 Å². The van der Waals surface area contributed by atoms with Gasteiger partial charge in [0.15, 0.2) is 5.11 Å². The quantitative estimate of drug-likeness (QED) is 0.416. The molecule has 160 valence electrons. The molecule has 0 bridgehead atoms. The van der Waals surface area contributed by atoms with E-state index in [2.05, 4.69) is 15.2 Å². The third-order valence-electron chi connectivity index (χ3n) is 6.22. The average molecular weight is 472 g/mol. The maximum atomic E-state index is 6.43. The molecule has 4 nitrogen and oxygen atoms in total. The summed E-state index contributed by atoms with van der Waals surface area (Å²) < 4.78 is 6.40. The van der Waals surface area contributed by atoms with Crippen LogP contribution in [-0.2, 0) is 0 Å². The molecular weight excluding hydrogens is 449 g/mol. The van der Waals surface area contributed by atoms with Crippen molar-refractivity contribution in [3.05, 3.63) is 76.2 Å². The molecule has 0 amide bonds. The van der Waals surface area contributed by atoms with Crippen LogP contribution in [0, 0.1) is 0 Å². The smallest absolute Gasteiger partial charge is 0.170 e. The van der Waals surface area contributed by atoms with E-state index < -0.39 is 0 Å². The molecule has 1 aliphatic carbocycles. The lowest BCUT2D eigenvalue weighted by Crippen LogP contribution is -2.40. The van der Waals surface area contributed by atoms with Crippen LogP contribution in [0.4, 0.5) is 0 Å². The molecule has 2 aromatic heterocycles. The Kier molecular flexibility index (Phi) is 5.91. The maximum Gasteiger partial charge on any atom is 0.170 e. The van der Waals surface area contributed by atoms with Gasteiger partial charge in [0.2, 0.25) is 0 Å². The molecule has 3 aromatic rings. The Balaban J connectivity index is 1.55. The second-order valence-corrected chi connectivity index (χ2v) is 9.38. The van der Waals surface area contributed by atoms with Gasteiger partial charge in [-0.2, -0.15) is 0 Å². The van der Waals surface area contributed by atoms with Gasteiger partial charge in [-0.3, -0.25) is 4.98 Å². The lowest BCUT2D eigenvalue weighted by atomic mass is 9.92. The van der Waals surface area contributed by atoms with Gasteiger partial charge in [-0.05, 0) is 67.5 Å². The van der Waals surface area contributed by atoms with Gasteiger partial charge in [-0.15, -0.1) is 0 Å². The first-order valence-corrected chi connectivity index (χ1v) is 11.8. The molecule has 2 atom stereocenters. The molecule has 3 heterocycles. The Hall–Kier alpha value is -2.08. The summed E-state index contributed by atoms with van der Waals surface area (Å²) in [7, 11) is 0. The van der Waals surface area contributed by atoms with E-state index in [4.69, 9.17) is 39.8 Å². The van der Waals surface area contributed by atoms with Crippen molar-refractivity contribution in [1.29, 1.82) is 0 Å². The van der Waals surface area contributed by atoms with Crippen LogP contribution in [0.3, 0.4) is 0 Å². The largest absolute Gasteiger partial charge is 0.459 e. The Morgan fingerprint density at radius 1 is 1.03 bits per heavy atom. The van der Waals surface area contributed by atoms with Gasteiger partial charge in [0.1, 0.15) is 17.6 Å². The van der Waals surface area contributed by atoms with Crippen LogP contribution < -0.4 is 5.32 Å². The zero-order valence-corrected chi connectivity index (χ0v) is 19.3. The summed E-state index contributed by atoms with van der Waals surface area (Å²) in [5.74, 6) is 1.58. The minimum atomic E-state index is -0.0738. The van der Waals surface area contributed by atoms with Crippen LogP contribution in [0.5, 0.6) is 0 Å². The summed E-state index contributed by atoms with van der Waals surface area (Å²) in [5, 5.41) is 5.47. The fourth-order valence-corrected chi connectivity index (χ4v) is 5.66. The SMILES string of the molecule is S=C1N[C@@H](c2ccccn2)[C@H](c2ccc(-c3ccc(Cl)cc3Cl)o2)N1C1CCCCC1. The number of furan rings is 1. The molecule has 1 saturated heterocycles. The van der Waals surface area contributed by atoms with E-state index in [0.717, 1.165) is 40.7 Å². The van der Waals surface area contributed by atoms with Gasteiger partial charge in [-0.1, -0.05) is 48.5 Å². The molecule has 1 saturated carbocycles. The van der Waals surface area contributed by atoms with E-state index in [-0.39, 0.29) is 12.1 Å². The number of hydrogen-bond donors (Lipinski definition) is 1. The van der Waals surface area contributed by atoms with Gasteiger partial charge < -0.3 is 14.6 Å². The summed E-state index contributed by atoms with van der Waals surface area (Å²) in [6.07, 6.45) is 7.86. The Labute approximate surface area is 197 Å². The number of aromatic nitrogens is 1. The fourth-order valence-electron chi connectivity index (χ4n) is 4.77. The van der Waals surface area contributed by atoms with E-state index in [1.54, 1.807) is 6.07 Å². The standard InChI is InChI=1S/C24H23Cl2N3OS/c25-15-9-10-17(18(26)14-15)20-11-12-21(30-20)23-22(19-8-4-5-13-27-19)28-24(31)29(23)16-6-2-1-3-7-16/h4-5,8-14,16,22-23H,1-3,6-7H2,(H,28,31)/t22-,23-/m0/s1. The Morgan fingerprint density at radius 2 is 1.87 bits per heavy atom. The summed E-state index contributed by atoms with van der Waals surface area (Å²) in [6.45, 7) is 0. The number of halogens is 2. The Morgan fingerprint density at radius 3 is 2.61 bits per heavy atom. The molecular formula is C24H23Cl2N3OS. The van der Waals surface area contributed by atoms with E-state index in [1.165, 1.54) is 19.3 Å². The molecule has 0 spiro atoms. The van der Waals surface area contributed by atoms with E-state index in [1.807, 2.05) is 48.7 Å². The highest BCUT2D eigenvalue weighted by Gasteiger charge is 2.44. The summed E-state index contributed by atoms with van der Waals surface area (Å²) in [4.78, 5) is 6.96. The number of nitrogens with zero attached hydrogens (tertiary/aromatic N) is 2. The minimum absolute atomic E-state index is 0.0645. The summed E-state index contributed by atoms with van der Waals surface area (Å²) >= 11 is 18.3. The first kappa shape index (κ1) is 20.8. The number of thiocarbonyl (C=S) groups is 1. The van der Waals surface area contributed by atoms with Crippen molar-refractivity contribution in [3.8, 4) is 11.3 Å². The zero-order chi connectivity index (χ0) is 21.4.